The third kappa shape index (κ3) is 2.46. The van der Waals surface area contributed by atoms with Gasteiger partial charge in [0.2, 0.25) is 5.91 Å². The van der Waals surface area contributed by atoms with E-state index in [0.717, 1.165) is 0 Å². The number of hydrogen-bond acceptors (Lipinski definition) is 3. The maximum absolute atomic E-state index is 11.6. The second-order valence-corrected chi connectivity index (χ2v) is 5.33. The summed E-state index contributed by atoms with van der Waals surface area (Å²) in [6.07, 6.45) is 0.277. The Morgan fingerprint density at radius 3 is 2.19 bits per heavy atom. The maximum atomic E-state index is 11.6. The van der Waals surface area contributed by atoms with Crippen LogP contribution in [-0.4, -0.2) is 35.6 Å². The quantitative estimate of drug-likeness (QED) is 0.769. The van der Waals surface area contributed by atoms with E-state index in [1.165, 1.54) is 4.90 Å². The van der Waals surface area contributed by atoms with Crippen molar-refractivity contribution in [2.24, 2.45) is 11.1 Å². The van der Waals surface area contributed by atoms with Gasteiger partial charge in [-0.15, -0.1) is 0 Å². The molecule has 1 fully saturated rings. The van der Waals surface area contributed by atoms with Gasteiger partial charge in [-0.05, 0) is 27.2 Å². The molecule has 0 atom stereocenters. The third-order valence-corrected chi connectivity index (χ3v) is 2.84. The summed E-state index contributed by atoms with van der Waals surface area (Å²) < 4.78 is 5.19. The molecular weight excluding hydrogens is 208 g/mol. The first-order chi connectivity index (χ1) is 7.20. The molecule has 1 saturated heterocycles. The molecule has 1 rings (SSSR count). The zero-order valence-electron chi connectivity index (χ0n) is 10.4. The van der Waals surface area contributed by atoms with Gasteiger partial charge in [-0.3, -0.25) is 4.79 Å². The number of nitrogens with zero attached hydrogens (tertiary/aromatic N) is 1. The number of ether oxygens (including phenoxy) is 1. The van der Waals surface area contributed by atoms with Crippen molar-refractivity contribution in [3.8, 4) is 0 Å². The number of rotatable bonds is 2. The highest BCUT2D eigenvalue weighted by atomic mass is 16.6. The largest absolute Gasteiger partial charge is 0.444 e. The SMILES string of the molecule is CCC1(C(N)=O)CN(C(=O)OC(C)(C)C)C1. The summed E-state index contributed by atoms with van der Waals surface area (Å²) in [5.74, 6) is -0.338. The molecule has 0 saturated carbocycles. The predicted molar refractivity (Wildman–Crippen MR) is 59.7 cm³/mol. The van der Waals surface area contributed by atoms with Gasteiger partial charge in [0.15, 0.2) is 0 Å². The molecule has 0 spiro atoms. The third-order valence-electron chi connectivity index (χ3n) is 2.84. The molecule has 5 nitrogen and oxygen atoms in total. The van der Waals surface area contributed by atoms with E-state index in [2.05, 4.69) is 0 Å². The summed E-state index contributed by atoms with van der Waals surface area (Å²) in [5, 5.41) is 0. The van der Waals surface area contributed by atoms with Crippen molar-refractivity contribution in [1.82, 2.24) is 4.90 Å². The van der Waals surface area contributed by atoms with Gasteiger partial charge in [-0.2, -0.15) is 0 Å². The summed E-state index contributed by atoms with van der Waals surface area (Å²) in [6.45, 7) is 8.07. The van der Waals surface area contributed by atoms with Crippen LogP contribution in [0.5, 0.6) is 0 Å². The monoisotopic (exact) mass is 228 g/mol. The van der Waals surface area contributed by atoms with Gasteiger partial charge in [0.05, 0.1) is 5.41 Å². The molecule has 1 aliphatic heterocycles. The molecular formula is C11H20N2O3. The van der Waals surface area contributed by atoms with Crippen LogP contribution in [-0.2, 0) is 9.53 Å². The van der Waals surface area contributed by atoms with Crippen molar-refractivity contribution in [3.63, 3.8) is 0 Å². The van der Waals surface area contributed by atoms with Crippen LogP contribution < -0.4 is 5.73 Å². The van der Waals surface area contributed by atoms with Gasteiger partial charge < -0.3 is 15.4 Å². The van der Waals surface area contributed by atoms with Crippen LogP contribution in [0.3, 0.4) is 0 Å². The number of hydrogen-bond donors (Lipinski definition) is 1. The van der Waals surface area contributed by atoms with E-state index in [0.29, 0.717) is 19.5 Å². The molecule has 0 radical (unpaired) electrons. The molecule has 0 bridgehead atoms. The molecule has 0 aromatic rings. The minimum absolute atomic E-state index is 0.338. The Bertz CT molecular complexity index is 301. The maximum Gasteiger partial charge on any atom is 0.410 e. The Morgan fingerprint density at radius 2 is 1.88 bits per heavy atom. The standard InChI is InChI=1S/C11H20N2O3/c1-5-11(8(12)14)6-13(7-11)9(15)16-10(2,3)4/h5-7H2,1-4H3,(H2,12,14). The first-order valence-electron chi connectivity index (χ1n) is 5.48. The van der Waals surface area contributed by atoms with Gasteiger partial charge in [0.25, 0.3) is 0 Å². The Kier molecular flexibility index (Phi) is 3.17. The summed E-state index contributed by atoms with van der Waals surface area (Å²) in [5.41, 5.74) is 4.26. The Labute approximate surface area is 95.9 Å². The molecule has 0 aromatic heterocycles. The van der Waals surface area contributed by atoms with Gasteiger partial charge in [-0.1, -0.05) is 6.92 Å². The molecule has 5 heteroatoms. The molecule has 1 heterocycles. The van der Waals surface area contributed by atoms with Crippen LogP contribution in [0.25, 0.3) is 0 Å². The Balaban J connectivity index is 2.52. The summed E-state index contributed by atoms with van der Waals surface area (Å²) in [4.78, 5) is 24.4. The fraction of sp³-hybridized carbons (Fsp3) is 0.818. The smallest absolute Gasteiger partial charge is 0.410 e. The minimum Gasteiger partial charge on any atom is -0.444 e. The first-order valence-corrected chi connectivity index (χ1v) is 5.48. The average Bonchev–Trinajstić information content (AvgIpc) is 1.98. The minimum atomic E-state index is -0.545. The Morgan fingerprint density at radius 1 is 1.38 bits per heavy atom. The second kappa shape index (κ2) is 3.96. The molecule has 0 unspecified atom stereocenters. The lowest BCUT2D eigenvalue weighted by atomic mass is 9.77. The van der Waals surface area contributed by atoms with Crippen molar-refractivity contribution in [3.05, 3.63) is 0 Å². The van der Waals surface area contributed by atoms with Crippen LogP contribution in [0.2, 0.25) is 0 Å². The van der Waals surface area contributed by atoms with Crippen LogP contribution >= 0.6 is 0 Å². The van der Waals surface area contributed by atoms with E-state index in [1.807, 2.05) is 27.7 Å². The summed E-state index contributed by atoms with van der Waals surface area (Å²) in [6, 6.07) is 0. The molecule has 92 valence electrons. The van der Waals surface area contributed by atoms with Crippen LogP contribution in [0.4, 0.5) is 4.79 Å². The highest BCUT2D eigenvalue weighted by molar-refractivity contribution is 5.85. The molecule has 2 amide bonds. The number of nitrogens with two attached hydrogens (primary N) is 1. The lowest BCUT2D eigenvalue weighted by Gasteiger charge is -2.47. The first kappa shape index (κ1) is 12.8. The summed E-state index contributed by atoms with van der Waals surface area (Å²) >= 11 is 0. The number of primary amides is 1. The lowest BCUT2D eigenvalue weighted by molar-refractivity contribution is -0.137. The van der Waals surface area contributed by atoms with Crippen molar-refractivity contribution < 1.29 is 14.3 Å². The predicted octanol–water partition coefficient (Wildman–Crippen LogP) is 1.12. The topological polar surface area (TPSA) is 72.6 Å². The highest BCUT2D eigenvalue weighted by Crippen LogP contribution is 2.34. The van der Waals surface area contributed by atoms with Crippen LogP contribution in [0.1, 0.15) is 34.1 Å². The molecule has 1 aliphatic rings. The Hall–Kier alpha value is -1.26. The second-order valence-electron chi connectivity index (χ2n) is 5.33. The van der Waals surface area contributed by atoms with Crippen molar-refractivity contribution in [2.45, 2.75) is 39.7 Å². The van der Waals surface area contributed by atoms with E-state index in [-0.39, 0.29) is 12.0 Å². The van der Waals surface area contributed by atoms with Crippen LogP contribution in [0.15, 0.2) is 0 Å². The summed E-state index contributed by atoms with van der Waals surface area (Å²) in [7, 11) is 0. The van der Waals surface area contributed by atoms with Crippen molar-refractivity contribution >= 4 is 12.0 Å². The molecule has 0 aromatic carbocycles. The number of carbonyl (C=O) groups excluding carboxylic acids is 2. The van der Waals surface area contributed by atoms with Crippen LogP contribution in [0, 0.1) is 5.41 Å². The number of likely N-dealkylation sites (tertiary alicyclic amines) is 1. The van der Waals surface area contributed by atoms with E-state index < -0.39 is 11.0 Å². The number of amides is 2. The van der Waals surface area contributed by atoms with Crippen molar-refractivity contribution in [1.29, 1.82) is 0 Å². The van der Waals surface area contributed by atoms with Gasteiger partial charge in [-0.25, -0.2) is 4.79 Å². The van der Waals surface area contributed by atoms with Crippen molar-refractivity contribution in [2.75, 3.05) is 13.1 Å². The molecule has 0 aliphatic carbocycles. The fourth-order valence-corrected chi connectivity index (χ4v) is 1.69. The van der Waals surface area contributed by atoms with E-state index in [4.69, 9.17) is 10.5 Å². The fourth-order valence-electron chi connectivity index (χ4n) is 1.69. The van der Waals surface area contributed by atoms with E-state index in [9.17, 15) is 9.59 Å². The van der Waals surface area contributed by atoms with Gasteiger partial charge in [0, 0.05) is 13.1 Å². The van der Waals surface area contributed by atoms with E-state index >= 15 is 0 Å². The molecule has 2 N–H and O–H groups in total. The zero-order chi connectivity index (χ0) is 12.6. The van der Waals surface area contributed by atoms with E-state index in [1.54, 1.807) is 0 Å². The molecule has 16 heavy (non-hydrogen) atoms. The van der Waals surface area contributed by atoms with Gasteiger partial charge >= 0.3 is 6.09 Å². The van der Waals surface area contributed by atoms with Gasteiger partial charge in [0.1, 0.15) is 5.60 Å². The lowest BCUT2D eigenvalue weighted by Crippen LogP contribution is -2.64. The number of carbonyl (C=O) groups is 2. The zero-order valence-corrected chi connectivity index (χ0v) is 10.4. The normalized spacial score (nSPS) is 18.9. The highest BCUT2D eigenvalue weighted by Gasteiger charge is 2.49. The average molecular weight is 228 g/mol.